The first kappa shape index (κ1) is 13.6. The molecule has 1 aliphatic rings. The topological polar surface area (TPSA) is 53.0 Å². The van der Waals surface area contributed by atoms with Crippen LogP contribution in [0.15, 0.2) is 18.2 Å². The van der Waals surface area contributed by atoms with Crippen LogP contribution < -0.4 is 4.74 Å². The lowest BCUT2D eigenvalue weighted by atomic mass is 10.1. The maximum Gasteiger partial charge on any atom is 0.320 e. The third-order valence-electron chi connectivity index (χ3n) is 3.35. The Hall–Kier alpha value is -1.82. The number of hydrogen-bond acceptors (Lipinski definition) is 3. The van der Waals surface area contributed by atoms with Crippen molar-refractivity contribution in [1.29, 1.82) is 0 Å². The number of aliphatic hydroxyl groups is 1. The molecule has 1 aromatic rings. The van der Waals surface area contributed by atoms with Gasteiger partial charge in [0.2, 0.25) is 0 Å². The quantitative estimate of drug-likeness (QED) is 0.893. The number of nitrogens with zero attached hydrogens (tertiary/aromatic N) is 2. The van der Waals surface area contributed by atoms with Crippen molar-refractivity contribution < 1.29 is 19.0 Å². The first-order chi connectivity index (χ1) is 9.08. The molecule has 1 saturated heterocycles. The monoisotopic (exact) mass is 268 g/mol. The van der Waals surface area contributed by atoms with Gasteiger partial charge in [-0.15, -0.1) is 0 Å². The molecule has 1 atom stereocenters. The zero-order valence-corrected chi connectivity index (χ0v) is 11.0. The van der Waals surface area contributed by atoms with E-state index >= 15 is 0 Å². The lowest BCUT2D eigenvalue weighted by Crippen LogP contribution is -2.31. The second-order valence-electron chi connectivity index (χ2n) is 4.47. The molecule has 0 aromatic heterocycles. The number of carbonyl (C=O) groups excluding carboxylic acids is 1. The van der Waals surface area contributed by atoms with Gasteiger partial charge in [0, 0.05) is 25.7 Å². The van der Waals surface area contributed by atoms with Crippen LogP contribution >= 0.6 is 0 Å². The number of rotatable bonds is 4. The highest BCUT2D eigenvalue weighted by Crippen LogP contribution is 2.34. The normalized spacial score (nSPS) is 19.2. The molecule has 1 heterocycles. The number of carbonyl (C=O) groups is 1. The van der Waals surface area contributed by atoms with Crippen LogP contribution in [-0.2, 0) is 0 Å². The van der Waals surface area contributed by atoms with Crippen LogP contribution in [0, 0.1) is 5.82 Å². The fraction of sp³-hybridized carbons (Fsp3) is 0.462. The van der Waals surface area contributed by atoms with Crippen molar-refractivity contribution in [3.8, 4) is 5.75 Å². The number of β-amino-alcohol motifs (C(OH)–C–C–N with tert-alkyl or cyclic N) is 1. The van der Waals surface area contributed by atoms with Gasteiger partial charge < -0.3 is 19.6 Å². The summed E-state index contributed by atoms with van der Waals surface area (Å²) in [5, 5.41) is 8.94. The summed E-state index contributed by atoms with van der Waals surface area (Å²) in [5.41, 5.74) is 0.638. The van der Waals surface area contributed by atoms with Crippen molar-refractivity contribution in [2.45, 2.75) is 6.04 Å². The van der Waals surface area contributed by atoms with Crippen molar-refractivity contribution in [2.75, 3.05) is 33.9 Å². The minimum atomic E-state index is -0.364. The van der Waals surface area contributed by atoms with Crippen molar-refractivity contribution >= 4 is 6.03 Å². The molecule has 0 radical (unpaired) electrons. The second-order valence-corrected chi connectivity index (χ2v) is 4.47. The molecule has 1 N–H and O–H groups in total. The Morgan fingerprint density at radius 1 is 1.53 bits per heavy atom. The Bertz CT molecular complexity index is 481. The molecule has 1 aromatic carbocycles. The highest BCUT2D eigenvalue weighted by Gasteiger charge is 2.36. The summed E-state index contributed by atoms with van der Waals surface area (Å²) in [6.07, 6.45) is 0. The number of amides is 2. The van der Waals surface area contributed by atoms with Gasteiger partial charge in [0.1, 0.15) is 11.6 Å². The van der Waals surface area contributed by atoms with Gasteiger partial charge >= 0.3 is 6.03 Å². The Balaban J connectivity index is 2.32. The highest BCUT2D eigenvalue weighted by molar-refractivity contribution is 5.77. The van der Waals surface area contributed by atoms with E-state index in [1.54, 1.807) is 13.1 Å². The van der Waals surface area contributed by atoms with Gasteiger partial charge in [-0.3, -0.25) is 0 Å². The summed E-state index contributed by atoms with van der Waals surface area (Å²) in [6.45, 7) is 0.597. The number of benzene rings is 1. The Morgan fingerprint density at radius 3 is 2.89 bits per heavy atom. The van der Waals surface area contributed by atoms with Crippen molar-refractivity contribution in [1.82, 2.24) is 9.80 Å². The van der Waals surface area contributed by atoms with Crippen molar-refractivity contribution in [2.24, 2.45) is 0 Å². The molecule has 6 heteroatoms. The number of urea groups is 1. The number of hydrogen-bond donors (Lipinski definition) is 1. The summed E-state index contributed by atoms with van der Waals surface area (Å²) in [7, 11) is 3.17. The van der Waals surface area contributed by atoms with Crippen LogP contribution in [0.4, 0.5) is 9.18 Å². The molecule has 19 heavy (non-hydrogen) atoms. The second kappa shape index (κ2) is 5.44. The molecule has 0 aliphatic carbocycles. The first-order valence-electron chi connectivity index (χ1n) is 6.04. The minimum absolute atomic E-state index is 0.0907. The third-order valence-corrected chi connectivity index (χ3v) is 3.35. The van der Waals surface area contributed by atoms with E-state index in [0.29, 0.717) is 17.9 Å². The fourth-order valence-corrected chi connectivity index (χ4v) is 2.35. The zero-order valence-electron chi connectivity index (χ0n) is 11.0. The molecule has 0 saturated carbocycles. The van der Waals surface area contributed by atoms with E-state index in [4.69, 9.17) is 9.84 Å². The summed E-state index contributed by atoms with van der Waals surface area (Å²) >= 11 is 0. The fourth-order valence-electron chi connectivity index (χ4n) is 2.35. The van der Waals surface area contributed by atoms with Crippen LogP contribution in [-0.4, -0.2) is 54.8 Å². The summed E-state index contributed by atoms with van der Waals surface area (Å²) in [6, 6.07) is 3.81. The van der Waals surface area contributed by atoms with Gasteiger partial charge in [0.25, 0.3) is 0 Å². The Morgan fingerprint density at radius 2 is 2.26 bits per heavy atom. The Kier molecular flexibility index (Phi) is 3.90. The number of halogens is 1. The molecule has 0 spiro atoms. The highest BCUT2D eigenvalue weighted by atomic mass is 19.1. The third kappa shape index (κ3) is 2.49. The molecule has 1 unspecified atom stereocenters. The average Bonchev–Trinajstić information content (AvgIpc) is 2.67. The number of ether oxygens (including phenoxy) is 1. The molecule has 2 rings (SSSR count). The lowest BCUT2D eigenvalue weighted by molar-refractivity contribution is 0.182. The van der Waals surface area contributed by atoms with E-state index in [0.717, 1.165) is 0 Å². The molecule has 1 fully saturated rings. The standard InChI is InChI=1S/C13H17FN2O3/c1-15-11(8-16(5-6-17)13(15)18)10-7-9(14)3-4-12(10)19-2/h3-4,7,11,17H,5-6,8H2,1-2H3. The van der Waals surface area contributed by atoms with Gasteiger partial charge in [-0.2, -0.15) is 0 Å². The smallest absolute Gasteiger partial charge is 0.320 e. The van der Waals surface area contributed by atoms with Crippen LogP contribution in [0.2, 0.25) is 0 Å². The van der Waals surface area contributed by atoms with E-state index in [9.17, 15) is 9.18 Å². The number of likely N-dealkylation sites (N-methyl/N-ethyl adjacent to an activating group) is 1. The average molecular weight is 268 g/mol. The predicted molar refractivity (Wildman–Crippen MR) is 67.5 cm³/mol. The maximum atomic E-state index is 13.4. The molecule has 2 amide bonds. The van der Waals surface area contributed by atoms with E-state index in [1.807, 2.05) is 0 Å². The van der Waals surface area contributed by atoms with Crippen LogP contribution in [0.3, 0.4) is 0 Å². The van der Waals surface area contributed by atoms with Crippen LogP contribution in [0.1, 0.15) is 11.6 Å². The predicted octanol–water partition coefficient (Wildman–Crippen LogP) is 1.24. The van der Waals surface area contributed by atoms with Crippen molar-refractivity contribution in [3.05, 3.63) is 29.6 Å². The summed E-state index contributed by atoms with van der Waals surface area (Å²) < 4.78 is 18.6. The van der Waals surface area contributed by atoms with E-state index in [2.05, 4.69) is 0 Å². The number of aliphatic hydroxyl groups excluding tert-OH is 1. The molecule has 0 bridgehead atoms. The first-order valence-corrected chi connectivity index (χ1v) is 6.04. The van der Waals surface area contributed by atoms with Gasteiger partial charge in [0.05, 0.1) is 19.8 Å². The van der Waals surface area contributed by atoms with Crippen LogP contribution in [0.25, 0.3) is 0 Å². The molecule has 1 aliphatic heterocycles. The number of methoxy groups -OCH3 is 1. The summed E-state index contributed by atoms with van der Waals surface area (Å²) in [4.78, 5) is 15.0. The van der Waals surface area contributed by atoms with Gasteiger partial charge in [0.15, 0.2) is 0 Å². The van der Waals surface area contributed by atoms with E-state index in [-0.39, 0.29) is 31.0 Å². The molecule has 5 nitrogen and oxygen atoms in total. The summed E-state index contributed by atoms with van der Waals surface area (Å²) in [5.74, 6) is 0.189. The van der Waals surface area contributed by atoms with Crippen LogP contribution in [0.5, 0.6) is 5.75 Å². The largest absolute Gasteiger partial charge is 0.496 e. The minimum Gasteiger partial charge on any atom is -0.496 e. The maximum absolute atomic E-state index is 13.4. The SMILES string of the molecule is COc1ccc(F)cc1C1CN(CCO)C(=O)N1C. The van der Waals surface area contributed by atoms with Gasteiger partial charge in [-0.1, -0.05) is 0 Å². The lowest BCUT2D eigenvalue weighted by Gasteiger charge is -2.20. The molecular formula is C13H17FN2O3. The zero-order chi connectivity index (χ0) is 14.0. The molecule has 104 valence electrons. The van der Waals surface area contributed by atoms with Gasteiger partial charge in [-0.05, 0) is 18.2 Å². The Labute approximate surface area is 111 Å². The molecular weight excluding hydrogens is 251 g/mol. The van der Waals surface area contributed by atoms with E-state index in [1.165, 1.54) is 29.0 Å². The van der Waals surface area contributed by atoms with Crippen molar-refractivity contribution in [3.63, 3.8) is 0 Å². The van der Waals surface area contributed by atoms with Gasteiger partial charge in [-0.25, -0.2) is 9.18 Å². The van der Waals surface area contributed by atoms with E-state index < -0.39 is 0 Å².